The van der Waals surface area contributed by atoms with Crippen molar-refractivity contribution in [1.29, 1.82) is 0 Å². The Morgan fingerprint density at radius 2 is 1.94 bits per heavy atom. The van der Waals surface area contributed by atoms with E-state index in [2.05, 4.69) is 50.4 Å². The molecule has 2 atom stereocenters. The lowest BCUT2D eigenvalue weighted by Crippen LogP contribution is -2.32. The number of aryl methyl sites for hydroxylation is 3. The van der Waals surface area contributed by atoms with Gasteiger partial charge in [0.05, 0.1) is 11.7 Å². The van der Waals surface area contributed by atoms with Crippen LogP contribution in [0.2, 0.25) is 0 Å². The van der Waals surface area contributed by atoms with Crippen molar-refractivity contribution in [2.45, 2.75) is 39.3 Å². The molecule has 9 nitrogen and oxygen atoms in total. The highest BCUT2D eigenvalue weighted by Crippen LogP contribution is 2.33. The van der Waals surface area contributed by atoms with Crippen LogP contribution < -0.4 is 10.1 Å². The van der Waals surface area contributed by atoms with Gasteiger partial charge in [0.1, 0.15) is 23.4 Å². The number of likely N-dealkylation sites (tertiary alicyclic amines) is 1. The summed E-state index contributed by atoms with van der Waals surface area (Å²) in [5.74, 6) is 3.00. The number of hydrogen-bond acceptors (Lipinski definition) is 7. The van der Waals surface area contributed by atoms with Gasteiger partial charge in [-0.25, -0.2) is 14.5 Å². The Hall–Kier alpha value is -3.46. The number of anilines is 2. The van der Waals surface area contributed by atoms with Crippen LogP contribution in [0.25, 0.3) is 16.8 Å². The van der Waals surface area contributed by atoms with Crippen LogP contribution in [0.3, 0.4) is 0 Å². The first kappa shape index (κ1) is 20.4. The molecular formula is C23H28N8O. The van der Waals surface area contributed by atoms with E-state index >= 15 is 0 Å². The molecule has 0 aromatic carbocycles. The minimum Gasteiger partial charge on any atom is -0.485 e. The monoisotopic (exact) mass is 432 g/mol. The van der Waals surface area contributed by atoms with Crippen molar-refractivity contribution < 1.29 is 4.74 Å². The highest BCUT2D eigenvalue weighted by Gasteiger charge is 2.31. The number of pyridine rings is 1. The molecule has 5 rings (SSSR count). The molecule has 5 heterocycles. The molecule has 1 aliphatic rings. The van der Waals surface area contributed by atoms with Gasteiger partial charge in [0, 0.05) is 49.2 Å². The molecule has 0 saturated carbocycles. The zero-order chi connectivity index (χ0) is 22.4. The minimum atomic E-state index is 0.164. The third-order valence-corrected chi connectivity index (χ3v) is 6.14. The normalized spacial score (nSPS) is 19.0. The smallest absolute Gasteiger partial charge is 0.165 e. The van der Waals surface area contributed by atoms with Crippen LogP contribution in [0.15, 0.2) is 36.7 Å². The maximum absolute atomic E-state index is 6.41. The van der Waals surface area contributed by atoms with Crippen molar-refractivity contribution in [2.75, 3.05) is 18.9 Å². The summed E-state index contributed by atoms with van der Waals surface area (Å²) in [6.07, 6.45) is 4.95. The van der Waals surface area contributed by atoms with Crippen molar-refractivity contribution in [2.24, 2.45) is 7.05 Å². The summed E-state index contributed by atoms with van der Waals surface area (Å²) in [7, 11) is 4.08. The maximum Gasteiger partial charge on any atom is 0.165 e. The van der Waals surface area contributed by atoms with Crippen LogP contribution in [0.1, 0.15) is 24.9 Å². The molecule has 1 N–H and O–H groups in total. The third kappa shape index (κ3) is 3.80. The first-order valence-corrected chi connectivity index (χ1v) is 10.9. The van der Waals surface area contributed by atoms with E-state index in [1.165, 1.54) is 0 Å². The predicted octanol–water partition coefficient (Wildman–Crippen LogP) is 3.36. The van der Waals surface area contributed by atoms with Crippen LogP contribution in [-0.2, 0) is 7.05 Å². The Kier molecular flexibility index (Phi) is 5.05. The topological polar surface area (TPSA) is 85.4 Å². The van der Waals surface area contributed by atoms with E-state index in [9.17, 15) is 0 Å². The number of nitrogens with zero attached hydrogens (tertiary/aromatic N) is 7. The number of hydrogen-bond donors (Lipinski definition) is 1. The van der Waals surface area contributed by atoms with Crippen molar-refractivity contribution in [1.82, 2.24) is 34.3 Å². The molecule has 0 spiro atoms. The van der Waals surface area contributed by atoms with Gasteiger partial charge < -0.3 is 10.1 Å². The molecule has 0 unspecified atom stereocenters. The Labute approximate surface area is 187 Å². The summed E-state index contributed by atoms with van der Waals surface area (Å²) < 4.78 is 10.1. The summed E-state index contributed by atoms with van der Waals surface area (Å²) in [6.45, 7) is 7.09. The van der Waals surface area contributed by atoms with Crippen molar-refractivity contribution in [3.63, 3.8) is 0 Å². The number of likely N-dealkylation sites (N-methyl/N-ethyl adjacent to an activating group) is 1. The van der Waals surface area contributed by atoms with Crippen LogP contribution >= 0.6 is 0 Å². The Morgan fingerprint density at radius 1 is 1.09 bits per heavy atom. The molecule has 0 amide bonds. The second kappa shape index (κ2) is 7.90. The third-order valence-electron chi connectivity index (χ3n) is 6.14. The molecular weight excluding hydrogens is 404 g/mol. The highest BCUT2D eigenvalue weighted by atomic mass is 16.5. The van der Waals surface area contributed by atoms with Gasteiger partial charge in [-0.1, -0.05) is 0 Å². The SMILES string of the molecule is Cc1cc(Nc2cc3cc(-c4c(O[C@@H]5CCN(C)[C@H]5C)cnn4C)ccn3n2)nc(C)n1. The van der Waals surface area contributed by atoms with Gasteiger partial charge >= 0.3 is 0 Å². The number of ether oxygens (including phenoxy) is 1. The van der Waals surface area contributed by atoms with Crippen molar-refractivity contribution >= 4 is 17.2 Å². The zero-order valence-electron chi connectivity index (χ0n) is 19.1. The van der Waals surface area contributed by atoms with Gasteiger partial charge in [0.15, 0.2) is 11.6 Å². The number of aromatic nitrogens is 6. The van der Waals surface area contributed by atoms with Gasteiger partial charge in [0.25, 0.3) is 0 Å². The molecule has 32 heavy (non-hydrogen) atoms. The lowest BCUT2D eigenvalue weighted by molar-refractivity contribution is 0.160. The molecule has 4 aromatic heterocycles. The second-order valence-electron chi connectivity index (χ2n) is 8.53. The van der Waals surface area contributed by atoms with Crippen molar-refractivity contribution in [3.05, 3.63) is 48.2 Å². The van der Waals surface area contributed by atoms with Crippen LogP contribution in [0, 0.1) is 13.8 Å². The summed E-state index contributed by atoms with van der Waals surface area (Å²) in [4.78, 5) is 11.1. The molecule has 0 radical (unpaired) electrons. The van der Waals surface area contributed by atoms with Crippen molar-refractivity contribution in [3.8, 4) is 17.0 Å². The summed E-state index contributed by atoms with van der Waals surface area (Å²) in [6, 6.07) is 8.42. The zero-order valence-corrected chi connectivity index (χ0v) is 19.1. The van der Waals surface area contributed by atoms with Gasteiger partial charge in [-0.05, 0) is 46.4 Å². The first-order valence-electron chi connectivity index (χ1n) is 10.9. The van der Waals surface area contributed by atoms with E-state index in [0.29, 0.717) is 6.04 Å². The van der Waals surface area contributed by atoms with E-state index in [1.807, 2.05) is 60.7 Å². The predicted molar refractivity (Wildman–Crippen MR) is 123 cm³/mol. The summed E-state index contributed by atoms with van der Waals surface area (Å²) >= 11 is 0. The molecule has 166 valence electrons. The number of fused-ring (bicyclic) bond motifs is 1. The highest BCUT2D eigenvalue weighted by molar-refractivity contribution is 5.72. The molecule has 0 bridgehead atoms. The molecule has 1 fully saturated rings. The fraction of sp³-hybridized carbons (Fsp3) is 0.391. The lowest BCUT2D eigenvalue weighted by atomic mass is 10.1. The number of nitrogens with one attached hydrogen (secondary N) is 1. The standard InChI is InChI=1S/C23H28N8O/c1-14-10-21(26-16(3)25-14)27-22-12-18-11-17(6-9-31(18)28-22)23-20(13-24-30(23)5)32-19-7-8-29(4)15(19)2/h6,9-13,15,19H,7-8H2,1-5H3,(H,25,26,27,28)/t15-,19+/m0/s1. The van der Waals surface area contributed by atoms with Crippen LogP contribution in [-0.4, -0.2) is 60.0 Å². The Bertz CT molecular complexity index is 1260. The van der Waals surface area contributed by atoms with Gasteiger partial charge in [-0.15, -0.1) is 0 Å². The van der Waals surface area contributed by atoms with E-state index in [0.717, 1.165) is 58.6 Å². The Balaban J connectivity index is 1.44. The van der Waals surface area contributed by atoms with Gasteiger partial charge in [-0.3, -0.25) is 9.58 Å². The van der Waals surface area contributed by atoms with Gasteiger partial charge in [0.2, 0.25) is 0 Å². The molecule has 9 heteroatoms. The fourth-order valence-electron chi connectivity index (χ4n) is 4.33. The minimum absolute atomic E-state index is 0.164. The average Bonchev–Trinajstić information content (AvgIpc) is 3.39. The van der Waals surface area contributed by atoms with E-state index in [-0.39, 0.29) is 6.10 Å². The lowest BCUT2D eigenvalue weighted by Gasteiger charge is -2.21. The molecule has 1 aliphatic heterocycles. The fourth-order valence-corrected chi connectivity index (χ4v) is 4.33. The quantitative estimate of drug-likeness (QED) is 0.518. The van der Waals surface area contributed by atoms with E-state index in [4.69, 9.17) is 4.74 Å². The van der Waals surface area contributed by atoms with E-state index in [1.54, 1.807) is 0 Å². The number of rotatable bonds is 5. The average molecular weight is 433 g/mol. The Morgan fingerprint density at radius 3 is 2.69 bits per heavy atom. The molecule has 4 aromatic rings. The van der Waals surface area contributed by atoms with E-state index < -0.39 is 0 Å². The second-order valence-corrected chi connectivity index (χ2v) is 8.53. The first-order chi connectivity index (χ1) is 15.4. The largest absolute Gasteiger partial charge is 0.485 e. The van der Waals surface area contributed by atoms with Crippen LogP contribution in [0.4, 0.5) is 11.6 Å². The molecule has 0 aliphatic carbocycles. The van der Waals surface area contributed by atoms with Crippen LogP contribution in [0.5, 0.6) is 5.75 Å². The van der Waals surface area contributed by atoms with Gasteiger partial charge in [-0.2, -0.15) is 10.2 Å². The summed E-state index contributed by atoms with van der Waals surface area (Å²) in [5.41, 5.74) is 3.88. The summed E-state index contributed by atoms with van der Waals surface area (Å²) in [5, 5.41) is 12.4. The molecule has 1 saturated heterocycles. The maximum atomic E-state index is 6.41.